The minimum absolute atomic E-state index is 0.195. The third-order valence-corrected chi connectivity index (χ3v) is 2.71. The lowest BCUT2D eigenvalue weighted by Crippen LogP contribution is -2.35. The zero-order valence-electron chi connectivity index (χ0n) is 9.17. The number of β-amino-alcohol motifs (C(OH)–C–C–N with tert-alkyl or cyclic N) is 1. The second-order valence-electron chi connectivity index (χ2n) is 4.03. The van der Waals surface area contributed by atoms with Gasteiger partial charge in [-0.25, -0.2) is 0 Å². The Hall–Kier alpha value is -1.10. The maximum absolute atomic E-state index is 9.42. The third-order valence-electron chi connectivity index (χ3n) is 2.71. The zero-order chi connectivity index (χ0) is 11.4. The fourth-order valence-electron chi connectivity index (χ4n) is 1.89. The molecule has 0 radical (unpaired) electrons. The van der Waals surface area contributed by atoms with Gasteiger partial charge in [0.15, 0.2) is 0 Å². The Morgan fingerprint density at radius 3 is 3.00 bits per heavy atom. The lowest BCUT2D eigenvalue weighted by molar-refractivity contribution is 0.0552. The lowest BCUT2D eigenvalue weighted by atomic mass is 10.2. The summed E-state index contributed by atoms with van der Waals surface area (Å²) in [5, 5.41) is 18.2. The van der Waals surface area contributed by atoms with Gasteiger partial charge >= 0.3 is 0 Å². The number of hydrogen-bond donors (Lipinski definition) is 2. The third kappa shape index (κ3) is 2.72. The van der Waals surface area contributed by atoms with Gasteiger partial charge < -0.3 is 14.9 Å². The van der Waals surface area contributed by atoms with E-state index in [-0.39, 0.29) is 6.61 Å². The Bertz CT molecular complexity index is 343. The van der Waals surface area contributed by atoms with Crippen molar-refractivity contribution in [1.29, 1.82) is 0 Å². The first kappa shape index (κ1) is 11.4. The summed E-state index contributed by atoms with van der Waals surface area (Å²) >= 11 is 0. The van der Waals surface area contributed by atoms with Gasteiger partial charge in [-0.15, -0.1) is 0 Å². The van der Waals surface area contributed by atoms with Crippen LogP contribution in [0.15, 0.2) is 24.3 Å². The van der Waals surface area contributed by atoms with Gasteiger partial charge in [0.05, 0.1) is 12.7 Å². The number of aliphatic hydroxyl groups is 2. The van der Waals surface area contributed by atoms with Crippen LogP contribution in [-0.4, -0.2) is 47.5 Å². The average Bonchev–Trinajstić information content (AvgIpc) is 2.50. The molecule has 0 saturated heterocycles. The highest BCUT2D eigenvalue weighted by molar-refractivity contribution is 5.33. The topological polar surface area (TPSA) is 52.9 Å². The maximum Gasteiger partial charge on any atom is 0.123 e. The molecule has 0 aromatic heterocycles. The van der Waals surface area contributed by atoms with Crippen molar-refractivity contribution < 1.29 is 14.9 Å². The Morgan fingerprint density at radius 1 is 1.38 bits per heavy atom. The number of fused-ring (bicyclic) bond motifs is 1. The van der Waals surface area contributed by atoms with E-state index >= 15 is 0 Å². The first-order valence-electron chi connectivity index (χ1n) is 5.51. The van der Waals surface area contributed by atoms with Gasteiger partial charge in [-0.1, -0.05) is 18.2 Å². The Morgan fingerprint density at radius 2 is 2.19 bits per heavy atom. The molecule has 88 valence electrons. The summed E-state index contributed by atoms with van der Waals surface area (Å²) in [5.74, 6) is 0.920. The fraction of sp³-hybridized carbons (Fsp3) is 0.500. The number of rotatable bonds is 3. The highest BCUT2D eigenvalue weighted by Gasteiger charge is 2.16. The van der Waals surface area contributed by atoms with E-state index in [1.807, 2.05) is 24.3 Å². The molecule has 1 unspecified atom stereocenters. The molecular formula is C12H17NO3. The van der Waals surface area contributed by atoms with E-state index in [0.717, 1.165) is 24.4 Å². The summed E-state index contributed by atoms with van der Waals surface area (Å²) in [4.78, 5) is 2.09. The SMILES string of the molecule is OCC(O)CN1CCOc2ccccc2C1. The van der Waals surface area contributed by atoms with Gasteiger partial charge in [0, 0.05) is 25.2 Å². The Labute approximate surface area is 95.1 Å². The van der Waals surface area contributed by atoms with Crippen molar-refractivity contribution in [2.75, 3.05) is 26.3 Å². The van der Waals surface area contributed by atoms with Gasteiger partial charge in [0.2, 0.25) is 0 Å². The maximum atomic E-state index is 9.42. The number of aliphatic hydroxyl groups excluding tert-OH is 2. The van der Waals surface area contributed by atoms with Crippen molar-refractivity contribution in [3.05, 3.63) is 29.8 Å². The molecule has 0 amide bonds. The standard InChI is InChI=1S/C12H17NO3/c14-9-11(15)8-13-5-6-16-12-4-2-1-3-10(12)7-13/h1-4,11,14-15H,5-9H2. The summed E-state index contributed by atoms with van der Waals surface area (Å²) in [6.45, 7) is 2.43. The molecule has 1 heterocycles. The lowest BCUT2D eigenvalue weighted by Gasteiger charge is -2.21. The molecule has 16 heavy (non-hydrogen) atoms. The molecule has 1 atom stereocenters. The quantitative estimate of drug-likeness (QED) is 0.770. The van der Waals surface area contributed by atoms with E-state index < -0.39 is 6.10 Å². The summed E-state index contributed by atoms with van der Waals surface area (Å²) in [6.07, 6.45) is -0.676. The van der Waals surface area contributed by atoms with Crippen molar-refractivity contribution in [3.8, 4) is 5.75 Å². The van der Waals surface area contributed by atoms with Crippen LogP contribution < -0.4 is 4.74 Å². The van der Waals surface area contributed by atoms with Gasteiger partial charge in [0.25, 0.3) is 0 Å². The minimum Gasteiger partial charge on any atom is -0.492 e. The molecule has 1 aliphatic heterocycles. The van der Waals surface area contributed by atoms with Crippen molar-refractivity contribution in [3.63, 3.8) is 0 Å². The summed E-state index contributed by atoms with van der Waals surface area (Å²) < 4.78 is 5.61. The van der Waals surface area contributed by atoms with Crippen molar-refractivity contribution in [2.24, 2.45) is 0 Å². The number of hydrogen-bond acceptors (Lipinski definition) is 4. The number of ether oxygens (including phenoxy) is 1. The smallest absolute Gasteiger partial charge is 0.123 e. The molecular weight excluding hydrogens is 206 g/mol. The Balaban J connectivity index is 2.05. The molecule has 4 heteroatoms. The number of para-hydroxylation sites is 1. The molecule has 0 spiro atoms. The second kappa shape index (κ2) is 5.30. The molecule has 0 aliphatic carbocycles. The Kier molecular flexibility index (Phi) is 3.77. The van der Waals surface area contributed by atoms with E-state index in [9.17, 15) is 5.11 Å². The predicted molar refractivity (Wildman–Crippen MR) is 60.3 cm³/mol. The van der Waals surface area contributed by atoms with Crippen LogP contribution in [0.25, 0.3) is 0 Å². The van der Waals surface area contributed by atoms with Gasteiger partial charge in [-0.3, -0.25) is 4.90 Å². The summed E-state index contributed by atoms with van der Waals surface area (Å²) in [5.41, 5.74) is 1.13. The zero-order valence-corrected chi connectivity index (χ0v) is 9.17. The first-order chi connectivity index (χ1) is 7.79. The van der Waals surface area contributed by atoms with Crippen molar-refractivity contribution in [1.82, 2.24) is 4.90 Å². The normalized spacial score (nSPS) is 18.4. The molecule has 0 bridgehead atoms. The number of nitrogens with zero attached hydrogens (tertiary/aromatic N) is 1. The van der Waals surface area contributed by atoms with E-state index in [1.165, 1.54) is 0 Å². The summed E-state index contributed by atoms with van der Waals surface area (Å²) in [7, 11) is 0. The molecule has 1 aliphatic rings. The molecule has 2 rings (SSSR count). The van der Waals surface area contributed by atoms with Crippen LogP contribution in [0.5, 0.6) is 5.75 Å². The van der Waals surface area contributed by atoms with E-state index in [2.05, 4.69) is 4.90 Å². The monoisotopic (exact) mass is 223 g/mol. The second-order valence-corrected chi connectivity index (χ2v) is 4.03. The summed E-state index contributed by atoms with van der Waals surface area (Å²) in [6, 6.07) is 7.92. The van der Waals surface area contributed by atoms with Gasteiger partial charge in [-0.05, 0) is 6.07 Å². The van der Waals surface area contributed by atoms with Crippen LogP contribution in [0.2, 0.25) is 0 Å². The molecule has 2 N–H and O–H groups in total. The van der Waals surface area contributed by atoms with E-state index in [0.29, 0.717) is 13.2 Å². The first-order valence-corrected chi connectivity index (χ1v) is 5.51. The van der Waals surface area contributed by atoms with Crippen molar-refractivity contribution >= 4 is 0 Å². The predicted octanol–water partition coefficient (Wildman–Crippen LogP) is 0.234. The molecule has 1 aromatic carbocycles. The van der Waals surface area contributed by atoms with Crippen LogP contribution in [0.4, 0.5) is 0 Å². The molecule has 4 nitrogen and oxygen atoms in total. The van der Waals surface area contributed by atoms with Crippen molar-refractivity contribution in [2.45, 2.75) is 12.6 Å². The fourth-order valence-corrected chi connectivity index (χ4v) is 1.89. The van der Waals surface area contributed by atoms with E-state index in [1.54, 1.807) is 0 Å². The molecule has 1 aromatic rings. The van der Waals surface area contributed by atoms with E-state index in [4.69, 9.17) is 9.84 Å². The van der Waals surface area contributed by atoms with Crippen LogP contribution in [0, 0.1) is 0 Å². The van der Waals surface area contributed by atoms with Crippen LogP contribution >= 0.6 is 0 Å². The average molecular weight is 223 g/mol. The molecule has 0 fully saturated rings. The van der Waals surface area contributed by atoms with Gasteiger partial charge in [0.1, 0.15) is 12.4 Å². The van der Waals surface area contributed by atoms with Gasteiger partial charge in [-0.2, -0.15) is 0 Å². The molecule has 0 saturated carbocycles. The number of benzene rings is 1. The van der Waals surface area contributed by atoms with Crippen LogP contribution in [-0.2, 0) is 6.54 Å². The van der Waals surface area contributed by atoms with Crippen LogP contribution in [0.1, 0.15) is 5.56 Å². The highest BCUT2D eigenvalue weighted by Crippen LogP contribution is 2.22. The minimum atomic E-state index is -0.676. The van der Waals surface area contributed by atoms with Crippen LogP contribution in [0.3, 0.4) is 0 Å². The largest absolute Gasteiger partial charge is 0.492 e. The highest BCUT2D eigenvalue weighted by atomic mass is 16.5.